The van der Waals surface area contributed by atoms with E-state index in [0.717, 1.165) is 16.7 Å². The molecule has 0 atom stereocenters. The van der Waals surface area contributed by atoms with Gasteiger partial charge in [0.25, 0.3) is 5.91 Å². The van der Waals surface area contributed by atoms with Gasteiger partial charge >= 0.3 is 5.97 Å². The van der Waals surface area contributed by atoms with E-state index in [1.807, 2.05) is 42.5 Å². The number of rotatable bonds is 9. The molecule has 4 aromatic rings. The minimum atomic E-state index is -0.621. The molecule has 0 aliphatic carbocycles. The van der Waals surface area contributed by atoms with Crippen LogP contribution in [0.1, 0.15) is 32.0 Å². The molecular weight excluding hydrogens is 466 g/mol. The molecule has 0 aliphatic rings. The van der Waals surface area contributed by atoms with Crippen molar-refractivity contribution in [3.63, 3.8) is 0 Å². The molecule has 1 amide bonds. The van der Waals surface area contributed by atoms with Gasteiger partial charge in [-0.3, -0.25) is 4.79 Å². The van der Waals surface area contributed by atoms with Gasteiger partial charge in [0, 0.05) is 34.6 Å². The molecule has 0 fully saturated rings. The van der Waals surface area contributed by atoms with Gasteiger partial charge in [-0.1, -0.05) is 48.5 Å². The van der Waals surface area contributed by atoms with E-state index in [0.29, 0.717) is 22.8 Å². The second-order valence-corrected chi connectivity index (χ2v) is 8.57. The minimum absolute atomic E-state index is 0.134. The first-order chi connectivity index (χ1) is 17.0. The maximum Gasteiger partial charge on any atom is 0.340 e. The van der Waals surface area contributed by atoms with Crippen LogP contribution >= 0.6 is 11.8 Å². The highest BCUT2D eigenvalue weighted by Gasteiger charge is 2.24. The predicted molar refractivity (Wildman–Crippen MR) is 136 cm³/mol. The van der Waals surface area contributed by atoms with Crippen molar-refractivity contribution in [2.24, 2.45) is 0 Å². The van der Waals surface area contributed by atoms with E-state index in [4.69, 9.17) is 18.6 Å². The lowest BCUT2D eigenvalue weighted by atomic mass is 10.1. The van der Waals surface area contributed by atoms with Gasteiger partial charge in [-0.2, -0.15) is 11.8 Å². The van der Waals surface area contributed by atoms with Crippen molar-refractivity contribution in [1.29, 1.82) is 0 Å². The van der Waals surface area contributed by atoms with Gasteiger partial charge in [-0.05, 0) is 11.6 Å². The van der Waals surface area contributed by atoms with Crippen molar-refractivity contribution in [3.8, 4) is 11.5 Å². The van der Waals surface area contributed by atoms with Crippen LogP contribution in [0.15, 0.2) is 71.1 Å². The Labute approximate surface area is 207 Å². The lowest BCUT2D eigenvalue weighted by Crippen LogP contribution is -2.16. The smallest absolute Gasteiger partial charge is 0.340 e. The molecule has 1 N–H and O–H groups in total. The van der Waals surface area contributed by atoms with Gasteiger partial charge < -0.3 is 23.9 Å². The number of benzene rings is 3. The highest BCUT2D eigenvalue weighted by atomic mass is 32.2. The zero-order chi connectivity index (χ0) is 24.8. The number of nitrogens with one attached hydrogen (secondary N) is 1. The summed E-state index contributed by atoms with van der Waals surface area (Å²) in [7, 11) is 4.21. The van der Waals surface area contributed by atoms with E-state index in [2.05, 4.69) is 17.4 Å². The van der Waals surface area contributed by atoms with E-state index in [9.17, 15) is 9.59 Å². The Bertz CT molecular complexity index is 1350. The summed E-state index contributed by atoms with van der Waals surface area (Å²) in [6.45, 7) is 0. The number of carbonyl (C=O) groups is 2. The third-order valence-electron chi connectivity index (χ3n) is 5.44. The van der Waals surface area contributed by atoms with Gasteiger partial charge in [0.1, 0.15) is 5.58 Å². The number of para-hydroxylation sites is 1. The van der Waals surface area contributed by atoms with E-state index in [1.54, 1.807) is 11.8 Å². The number of carbonyl (C=O) groups excluding carboxylic acids is 2. The molecule has 0 saturated carbocycles. The van der Waals surface area contributed by atoms with E-state index >= 15 is 0 Å². The van der Waals surface area contributed by atoms with Crippen LogP contribution in [0.2, 0.25) is 0 Å². The first-order valence-electron chi connectivity index (χ1n) is 10.8. The topological polar surface area (TPSA) is 87.0 Å². The van der Waals surface area contributed by atoms with Gasteiger partial charge in [0.05, 0.1) is 32.6 Å². The number of fused-ring (bicyclic) bond motifs is 1. The van der Waals surface area contributed by atoms with Crippen LogP contribution in [0.3, 0.4) is 0 Å². The first-order valence-corrected chi connectivity index (χ1v) is 12.0. The molecule has 0 aliphatic heterocycles. The Morgan fingerprint density at radius 3 is 2.29 bits per heavy atom. The third kappa shape index (κ3) is 5.27. The Morgan fingerprint density at radius 1 is 0.886 bits per heavy atom. The summed E-state index contributed by atoms with van der Waals surface area (Å²) < 4.78 is 21.5. The summed E-state index contributed by atoms with van der Waals surface area (Å²) in [6, 6.07) is 20.7. The van der Waals surface area contributed by atoms with Crippen molar-refractivity contribution in [2.45, 2.75) is 11.5 Å². The molecule has 0 radical (unpaired) electrons. The standard InChI is InChI=1S/C27H25NO6S/c1-31-23-13-19(27(30)33-3)21(14-24(23)32-2)28-26(29)25-20(18-11-7-8-12-22(18)34-25)16-35-15-17-9-5-4-6-10-17/h4-14H,15-16H2,1-3H3,(H,28,29). The first kappa shape index (κ1) is 24.2. The third-order valence-corrected chi connectivity index (χ3v) is 6.47. The fraction of sp³-hybridized carbons (Fsp3) is 0.185. The quantitative estimate of drug-likeness (QED) is 0.291. The number of esters is 1. The van der Waals surface area contributed by atoms with Crippen molar-refractivity contribution < 1.29 is 28.2 Å². The van der Waals surface area contributed by atoms with E-state index in [-0.39, 0.29) is 17.0 Å². The molecule has 1 heterocycles. The second kappa shape index (κ2) is 11.0. The number of amides is 1. The molecule has 3 aromatic carbocycles. The molecule has 0 saturated heterocycles. The largest absolute Gasteiger partial charge is 0.493 e. The normalized spacial score (nSPS) is 10.7. The summed E-state index contributed by atoms with van der Waals surface area (Å²) in [5, 5.41) is 3.67. The molecule has 8 heteroatoms. The van der Waals surface area contributed by atoms with Crippen molar-refractivity contribution in [3.05, 3.63) is 89.2 Å². The molecule has 0 spiro atoms. The average molecular weight is 492 g/mol. The molecule has 35 heavy (non-hydrogen) atoms. The summed E-state index contributed by atoms with van der Waals surface area (Å²) in [5.74, 6) is 1.16. The zero-order valence-corrected chi connectivity index (χ0v) is 20.4. The monoisotopic (exact) mass is 491 g/mol. The number of thioether (sulfide) groups is 1. The minimum Gasteiger partial charge on any atom is -0.493 e. The maximum atomic E-state index is 13.4. The molecule has 4 rings (SSSR count). The van der Waals surface area contributed by atoms with Crippen LogP contribution in [0, 0.1) is 0 Å². The maximum absolute atomic E-state index is 13.4. The fourth-order valence-electron chi connectivity index (χ4n) is 3.71. The van der Waals surface area contributed by atoms with Gasteiger partial charge in [0.2, 0.25) is 0 Å². The summed E-state index contributed by atoms with van der Waals surface area (Å²) in [5.41, 5.74) is 2.97. The Balaban J connectivity index is 1.66. The number of methoxy groups -OCH3 is 3. The van der Waals surface area contributed by atoms with Gasteiger partial charge in [0.15, 0.2) is 17.3 Å². The van der Waals surface area contributed by atoms with Crippen LogP contribution in [0.4, 0.5) is 5.69 Å². The number of ether oxygens (including phenoxy) is 3. The summed E-state index contributed by atoms with van der Waals surface area (Å²) >= 11 is 1.69. The Hall–Kier alpha value is -3.91. The Morgan fingerprint density at radius 2 is 1.57 bits per heavy atom. The predicted octanol–water partition coefficient (Wildman–Crippen LogP) is 5.92. The number of furan rings is 1. The number of hydrogen-bond donors (Lipinski definition) is 1. The van der Waals surface area contributed by atoms with Crippen LogP contribution in [0.25, 0.3) is 11.0 Å². The average Bonchev–Trinajstić information content (AvgIpc) is 3.27. The lowest BCUT2D eigenvalue weighted by molar-refractivity contribution is 0.0601. The molecular formula is C27H25NO6S. The highest BCUT2D eigenvalue weighted by molar-refractivity contribution is 7.97. The zero-order valence-electron chi connectivity index (χ0n) is 19.6. The fourth-order valence-corrected chi connectivity index (χ4v) is 4.73. The van der Waals surface area contributed by atoms with Crippen molar-refractivity contribution in [2.75, 3.05) is 26.6 Å². The molecule has 0 unspecified atom stereocenters. The second-order valence-electron chi connectivity index (χ2n) is 7.58. The van der Waals surface area contributed by atoms with Crippen LogP contribution in [0.5, 0.6) is 11.5 Å². The molecule has 0 bridgehead atoms. The number of anilines is 1. The van der Waals surface area contributed by atoms with E-state index < -0.39 is 11.9 Å². The van der Waals surface area contributed by atoms with Crippen molar-refractivity contribution >= 4 is 40.3 Å². The molecule has 180 valence electrons. The van der Waals surface area contributed by atoms with Crippen LogP contribution in [-0.2, 0) is 16.2 Å². The lowest BCUT2D eigenvalue weighted by Gasteiger charge is -2.14. The van der Waals surface area contributed by atoms with Gasteiger partial charge in [-0.15, -0.1) is 0 Å². The number of hydrogen-bond acceptors (Lipinski definition) is 7. The van der Waals surface area contributed by atoms with Gasteiger partial charge in [-0.25, -0.2) is 4.79 Å². The molecule has 7 nitrogen and oxygen atoms in total. The van der Waals surface area contributed by atoms with E-state index in [1.165, 1.54) is 39.0 Å². The van der Waals surface area contributed by atoms with Crippen molar-refractivity contribution in [1.82, 2.24) is 0 Å². The Kier molecular flexibility index (Phi) is 7.62. The summed E-state index contributed by atoms with van der Waals surface area (Å²) in [4.78, 5) is 25.8. The molecule has 1 aromatic heterocycles. The van der Waals surface area contributed by atoms with Crippen LogP contribution < -0.4 is 14.8 Å². The van der Waals surface area contributed by atoms with Crippen LogP contribution in [-0.4, -0.2) is 33.2 Å². The SMILES string of the molecule is COC(=O)c1cc(OC)c(OC)cc1NC(=O)c1oc2ccccc2c1CSCc1ccccc1. The highest BCUT2D eigenvalue weighted by Crippen LogP contribution is 2.35. The summed E-state index contributed by atoms with van der Waals surface area (Å²) in [6.07, 6.45) is 0.